The number of hydrogen-bond acceptors (Lipinski definition) is 4. The Morgan fingerprint density at radius 3 is 2.31 bits per heavy atom. The van der Waals surface area contributed by atoms with E-state index in [0.29, 0.717) is 5.75 Å². The molecule has 0 aliphatic heterocycles. The van der Waals surface area contributed by atoms with Crippen LogP contribution < -0.4 is 10.1 Å². The van der Waals surface area contributed by atoms with Gasteiger partial charge in [0, 0.05) is 12.0 Å². The maximum atomic E-state index is 12.3. The second kappa shape index (κ2) is 8.36. The van der Waals surface area contributed by atoms with Gasteiger partial charge in [0.15, 0.2) is 9.84 Å². The number of ether oxygens (including phenoxy) is 1. The molecule has 0 heterocycles. The summed E-state index contributed by atoms with van der Waals surface area (Å²) in [7, 11) is -1.90. The third-order valence-corrected chi connectivity index (χ3v) is 5.94. The van der Waals surface area contributed by atoms with Crippen LogP contribution >= 0.6 is 0 Å². The summed E-state index contributed by atoms with van der Waals surface area (Å²) in [6.45, 7) is 5.71. The minimum absolute atomic E-state index is 0.0886. The van der Waals surface area contributed by atoms with Crippen LogP contribution in [0.15, 0.2) is 47.4 Å². The fraction of sp³-hybridized carbons (Fsp3) is 0.350. The first-order valence-electron chi connectivity index (χ1n) is 8.46. The quantitative estimate of drug-likeness (QED) is 0.805. The molecule has 0 saturated heterocycles. The lowest BCUT2D eigenvalue weighted by Crippen LogP contribution is -2.28. The molecule has 0 saturated carbocycles. The molecule has 2 aromatic rings. The second-order valence-corrected chi connectivity index (χ2v) is 8.53. The van der Waals surface area contributed by atoms with E-state index in [1.165, 1.54) is 0 Å². The van der Waals surface area contributed by atoms with Crippen molar-refractivity contribution in [1.82, 2.24) is 5.32 Å². The molecule has 0 unspecified atom stereocenters. The molecule has 0 bridgehead atoms. The van der Waals surface area contributed by atoms with Crippen LogP contribution in [0.3, 0.4) is 0 Å². The topological polar surface area (TPSA) is 72.5 Å². The third kappa shape index (κ3) is 5.08. The molecule has 2 aromatic carbocycles. The molecule has 26 heavy (non-hydrogen) atoms. The number of aryl methyl sites for hydroxylation is 2. The van der Waals surface area contributed by atoms with Crippen molar-refractivity contribution in [1.29, 1.82) is 0 Å². The predicted octanol–water partition coefficient (Wildman–Crippen LogP) is 3.35. The molecule has 0 aliphatic carbocycles. The van der Waals surface area contributed by atoms with Crippen LogP contribution in [0, 0.1) is 13.8 Å². The lowest BCUT2D eigenvalue weighted by atomic mass is 10.0. The van der Waals surface area contributed by atoms with Crippen LogP contribution in [0.5, 0.6) is 5.75 Å². The summed E-state index contributed by atoms with van der Waals surface area (Å²) >= 11 is 0. The number of hydrogen-bond donors (Lipinski definition) is 1. The van der Waals surface area contributed by atoms with Crippen LogP contribution in [-0.4, -0.2) is 27.2 Å². The number of rotatable bonds is 7. The molecule has 0 radical (unpaired) electrons. The van der Waals surface area contributed by atoms with E-state index in [1.54, 1.807) is 31.4 Å². The standard InChI is InChI=1S/C20H25NO4S/c1-14-5-8-17(9-6-14)26(23,24)12-11-20(22)21-16(3)18-13-15(2)7-10-19(18)25-4/h5-10,13,16H,11-12H2,1-4H3,(H,21,22)/t16-/m1/s1. The molecule has 1 N–H and O–H groups in total. The van der Waals surface area contributed by atoms with Gasteiger partial charge in [-0.2, -0.15) is 0 Å². The lowest BCUT2D eigenvalue weighted by Gasteiger charge is -2.18. The highest BCUT2D eigenvalue weighted by atomic mass is 32.2. The smallest absolute Gasteiger partial charge is 0.221 e. The minimum Gasteiger partial charge on any atom is -0.496 e. The second-order valence-electron chi connectivity index (χ2n) is 6.42. The van der Waals surface area contributed by atoms with Gasteiger partial charge in [0.25, 0.3) is 0 Å². The van der Waals surface area contributed by atoms with Gasteiger partial charge in [-0.1, -0.05) is 35.4 Å². The summed E-state index contributed by atoms with van der Waals surface area (Å²) in [5, 5.41) is 2.85. The monoisotopic (exact) mass is 375 g/mol. The van der Waals surface area contributed by atoms with Gasteiger partial charge < -0.3 is 10.1 Å². The lowest BCUT2D eigenvalue weighted by molar-refractivity contribution is -0.121. The number of carbonyl (C=O) groups excluding carboxylic acids is 1. The zero-order chi connectivity index (χ0) is 19.3. The molecule has 0 aromatic heterocycles. The first-order chi connectivity index (χ1) is 12.2. The molecule has 0 aliphatic rings. The number of sulfone groups is 1. The summed E-state index contributed by atoms with van der Waals surface area (Å²) in [6.07, 6.45) is -0.0886. The van der Waals surface area contributed by atoms with Gasteiger partial charge in [0.05, 0.1) is 23.8 Å². The first-order valence-corrected chi connectivity index (χ1v) is 10.1. The zero-order valence-electron chi connectivity index (χ0n) is 15.6. The molecule has 140 valence electrons. The van der Waals surface area contributed by atoms with Crippen molar-refractivity contribution >= 4 is 15.7 Å². The van der Waals surface area contributed by atoms with Crippen molar-refractivity contribution in [2.24, 2.45) is 0 Å². The van der Waals surface area contributed by atoms with Crippen LogP contribution in [-0.2, 0) is 14.6 Å². The van der Waals surface area contributed by atoms with Crippen molar-refractivity contribution in [3.05, 3.63) is 59.2 Å². The van der Waals surface area contributed by atoms with Crippen molar-refractivity contribution in [3.63, 3.8) is 0 Å². The summed E-state index contributed by atoms with van der Waals surface area (Å²) in [5.74, 6) is 0.159. The van der Waals surface area contributed by atoms with Crippen molar-refractivity contribution < 1.29 is 17.9 Å². The Morgan fingerprint density at radius 2 is 1.69 bits per heavy atom. The fourth-order valence-electron chi connectivity index (χ4n) is 2.67. The van der Waals surface area contributed by atoms with E-state index in [-0.39, 0.29) is 29.0 Å². The van der Waals surface area contributed by atoms with Gasteiger partial charge >= 0.3 is 0 Å². The molecule has 5 nitrogen and oxygen atoms in total. The first kappa shape index (κ1) is 20.0. The van der Waals surface area contributed by atoms with E-state index in [2.05, 4.69) is 5.32 Å². The van der Waals surface area contributed by atoms with Gasteiger partial charge in [-0.3, -0.25) is 4.79 Å². The van der Waals surface area contributed by atoms with Crippen LogP contribution in [0.25, 0.3) is 0 Å². The highest BCUT2D eigenvalue weighted by Gasteiger charge is 2.19. The van der Waals surface area contributed by atoms with E-state index < -0.39 is 9.84 Å². The van der Waals surface area contributed by atoms with Crippen LogP contribution in [0.4, 0.5) is 0 Å². The van der Waals surface area contributed by atoms with Gasteiger partial charge in [0.1, 0.15) is 5.75 Å². The molecule has 0 fully saturated rings. The molecule has 0 spiro atoms. The maximum absolute atomic E-state index is 12.3. The van der Waals surface area contributed by atoms with E-state index in [4.69, 9.17) is 4.74 Å². The summed E-state index contributed by atoms with van der Waals surface area (Å²) < 4.78 is 30.0. The summed E-state index contributed by atoms with van der Waals surface area (Å²) in [6, 6.07) is 12.1. The molecule has 1 amide bonds. The van der Waals surface area contributed by atoms with Crippen LogP contribution in [0.2, 0.25) is 0 Å². The van der Waals surface area contributed by atoms with Crippen LogP contribution in [0.1, 0.15) is 36.1 Å². The summed E-state index contributed by atoms with van der Waals surface area (Å²) in [4.78, 5) is 12.5. The largest absolute Gasteiger partial charge is 0.496 e. The van der Waals surface area contributed by atoms with Crippen molar-refractivity contribution in [2.75, 3.05) is 12.9 Å². The Balaban J connectivity index is 2.00. The molecular formula is C20H25NO4S. The Bertz CT molecular complexity index is 873. The van der Waals surface area contributed by atoms with E-state index in [0.717, 1.165) is 16.7 Å². The van der Waals surface area contributed by atoms with Gasteiger partial charge in [-0.15, -0.1) is 0 Å². The predicted molar refractivity (Wildman–Crippen MR) is 102 cm³/mol. The number of benzene rings is 2. The highest BCUT2D eigenvalue weighted by Crippen LogP contribution is 2.26. The van der Waals surface area contributed by atoms with Gasteiger partial charge in [0.2, 0.25) is 5.91 Å². The van der Waals surface area contributed by atoms with Gasteiger partial charge in [-0.25, -0.2) is 8.42 Å². The normalized spacial score (nSPS) is 12.5. The van der Waals surface area contributed by atoms with E-state index in [1.807, 2.05) is 39.0 Å². The molecule has 6 heteroatoms. The van der Waals surface area contributed by atoms with Crippen molar-refractivity contribution in [2.45, 2.75) is 38.1 Å². The number of methoxy groups -OCH3 is 1. The Hall–Kier alpha value is -2.34. The average molecular weight is 375 g/mol. The van der Waals surface area contributed by atoms with E-state index in [9.17, 15) is 13.2 Å². The minimum atomic E-state index is -3.48. The Kier molecular flexibility index (Phi) is 6.42. The average Bonchev–Trinajstić information content (AvgIpc) is 2.60. The Morgan fingerprint density at radius 1 is 1.08 bits per heavy atom. The number of carbonyl (C=O) groups is 1. The SMILES string of the molecule is COc1ccc(C)cc1[C@@H](C)NC(=O)CCS(=O)(=O)c1ccc(C)cc1. The van der Waals surface area contributed by atoms with Gasteiger partial charge in [-0.05, 0) is 39.0 Å². The van der Waals surface area contributed by atoms with E-state index >= 15 is 0 Å². The van der Waals surface area contributed by atoms with Crippen molar-refractivity contribution in [3.8, 4) is 5.75 Å². The fourth-order valence-corrected chi connectivity index (χ4v) is 3.91. The number of nitrogens with one attached hydrogen (secondary N) is 1. The highest BCUT2D eigenvalue weighted by molar-refractivity contribution is 7.91. The molecule has 2 rings (SSSR count). The maximum Gasteiger partial charge on any atom is 0.221 e. The number of amides is 1. The Labute approximate surface area is 155 Å². The summed E-state index contributed by atoms with van der Waals surface area (Å²) in [5.41, 5.74) is 2.91. The third-order valence-electron chi connectivity index (χ3n) is 4.21. The molecular weight excluding hydrogens is 350 g/mol. The zero-order valence-corrected chi connectivity index (χ0v) is 16.4. The molecule has 1 atom stereocenters.